The maximum Gasteiger partial charge on any atom is 0.219 e. The van der Waals surface area contributed by atoms with Gasteiger partial charge in [0.25, 0.3) is 0 Å². The van der Waals surface area contributed by atoms with E-state index in [1.807, 2.05) is 22.8 Å². The first-order valence-corrected chi connectivity index (χ1v) is 13.1. The highest BCUT2D eigenvalue weighted by Gasteiger charge is 2.48. The van der Waals surface area contributed by atoms with Crippen LogP contribution in [-0.2, 0) is 24.8 Å². The summed E-state index contributed by atoms with van der Waals surface area (Å²) in [5.74, 6) is 0.898. The maximum absolute atomic E-state index is 12.1. The standard InChI is InChI=1S/C28H33N7O/c1-18(36)34-7-6-26-24(15-34)27(32-33(26)2)22-5-3-4-20-8-25(30-12-23(20)22)21-11-31-35(14-21)13-19-9-28(10-19)16-29-17-28/h3-5,8,12,14,19,29,31H,6-7,9-11,13,15-17H2,1-2H3. The number of hydrogen-bond acceptors (Lipinski definition) is 6. The molecule has 1 saturated carbocycles. The summed E-state index contributed by atoms with van der Waals surface area (Å²) < 4.78 is 1.98. The Kier molecular flexibility index (Phi) is 4.98. The summed E-state index contributed by atoms with van der Waals surface area (Å²) in [7, 11) is 2.01. The molecule has 0 atom stereocenters. The summed E-state index contributed by atoms with van der Waals surface area (Å²) in [4.78, 5) is 18.9. The van der Waals surface area contributed by atoms with Gasteiger partial charge in [-0.1, -0.05) is 18.2 Å². The third-order valence-corrected chi connectivity index (χ3v) is 8.72. The zero-order chi connectivity index (χ0) is 24.4. The van der Waals surface area contributed by atoms with E-state index in [0.29, 0.717) is 12.0 Å². The lowest BCUT2D eigenvalue weighted by atomic mass is 9.58. The number of hydrogen-bond donors (Lipinski definition) is 2. The minimum absolute atomic E-state index is 0.115. The van der Waals surface area contributed by atoms with Crippen molar-refractivity contribution in [1.29, 1.82) is 0 Å². The average Bonchev–Trinajstić information content (AvgIpc) is 3.43. The monoisotopic (exact) mass is 483 g/mol. The van der Waals surface area contributed by atoms with E-state index in [0.717, 1.165) is 65.3 Å². The van der Waals surface area contributed by atoms with Crippen LogP contribution in [0.2, 0.25) is 0 Å². The lowest BCUT2D eigenvalue weighted by molar-refractivity contribution is -0.129. The predicted octanol–water partition coefficient (Wildman–Crippen LogP) is 2.70. The molecule has 2 N–H and O–H groups in total. The molecule has 8 nitrogen and oxygen atoms in total. The van der Waals surface area contributed by atoms with Crippen LogP contribution in [0.1, 0.15) is 36.7 Å². The molecule has 4 aliphatic rings. The molecule has 2 aromatic heterocycles. The van der Waals surface area contributed by atoms with Gasteiger partial charge in [0.1, 0.15) is 0 Å². The SMILES string of the molecule is CC(=O)N1CCc2c(c(-c3cccc4cc(C5=CN(CC6CC7(CNC7)C6)NC5)ncc34)nn2C)C1. The fourth-order valence-corrected chi connectivity index (χ4v) is 6.71. The van der Waals surface area contributed by atoms with Gasteiger partial charge in [-0.3, -0.25) is 14.5 Å². The van der Waals surface area contributed by atoms with Crippen LogP contribution < -0.4 is 10.7 Å². The Bertz CT molecular complexity index is 1390. The lowest BCUT2D eigenvalue weighted by Crippen LogP contribution is -2.61. The van der Waals surface area contributed by atoms with E-state index in [1.165, 1.54) is 37.2 Å². The number of nitrogens with zero attached hydrogens (tertiary/aromatic N) is 5. The Hall–Kier alpha value is -3.23. The smallest absolute Gasteiger partial charge is 0.219 e. The van der Waals surface area contributed by atoms with Crippen LogP contribution in [0.5, 0.6) is 0 Å². The molecule has 3 aliphatic heterocycles. The van der Waals surface area contributed by atoms with Crippen molar-refractivity contribution < 1.29 is 4.79 Å². The second-order valence-electron chi connectivity index (χ2n) is 11.2. The number of benzene rings is 1. The molecule has 1 amide bonds. The largest absolute Gasteiger partial charge is 0.338 e. The van der Waals surface area contributed by atoms with E-state index in [9.17, 15) is 4.79 Å². The number of hydrazine groups is 1. The normalized spacial score (nSPS) is 20.9. The number of rotatable bonds is 4. The molecule has 7 rings (SSSR count). The number of fused-ring (bicyclic) bond motifs is 2. The topological polar surface area (TPSA) is 78.3 Å². The van der Waals surface area contributed by atoms with E-state index < -0.39 is 0 Å². The van der Waals surface area contributed by atoms with Crippen LogP contribution in [0.4, 0.5) is 0 Å². The molecule has 3 aromatic rings. The summed E-state index contributed by atoms with van der Waals surface area (Å²) in [5, 5.41) is 12.8. The molecule has 36 heavy (non-hydrogen) atoms. The molecule has 0 unspecified atom stereocenters. The highest BCUT2D eigenvalue weighted by molar-refractivity contribution is 5.97. The van der Waals surface area contributed by atoms with Crippen LogP contribution in [0, 0.1) is 11.3 Å². The molecule has 2 fully saturated rings. The van der Waals surface area contributed by atoms with E-state index in [2.05, 4.69) is 46.2 Å². The van der Waals surface area contributed by atoms with E-state index >= 15 is 0 Å². The Balaban J connectivity index is 1.15. The summed E-state index contributed by atoms with van der Waals surface area (Å²) in [6.45, 7) is 7.31. The van der Waals surface area contributed by atoms with Crippen molar-refractivity contribution in [2.24, 2.45) is 18.4 Å². The van der Waals surface area contributed by atoms with Gasteiger partial charge in [-0.25, -0.2) is 5.43 Å². The molecule has 0 radical (unpaired) electrons. The van der Waals surface area contributed by atoms with Gasteiger partial charge in [-0.15, -0.1) is 0 Å². The van der Waals surface area contributed by atoms with Crippen LogP contribution in [0.25, 0.3) is 27.6 Å². The summed E-state index contributed by atoms with van der Waals surface area (Å²) in [6.07, 6.45) is 7.77. The van der Waals surface area contributed by atoms with Crippen molar-refractivity contribution >= 4 is 22.3 Å². The minimum Gasteiger partial charge on any atom is -0.338 e. The predicted molar refractivity (Wildman–Crippen MR) is 139 cm³/mol. The lowest BCUT2D eigenvalue weighted by Gasteiger charge is -2.55. The second-order valence-corrected chi connectivity index (χ2v) is 11.2. The first-order valence-electron chi connectivity index (χ1n) is 13.1. The maximum atomic E-state index is 12.1. The Morgan fingerprint density at radius 1 is 1.25 bits per heavy atom. The van der Waals surface area contributed by atoms with Crippen LogP contribution >= 0.6 is 0 Å². The van der Waals surface area contributed by atoms with Crippen molar-refractivity contribution in [1.82, 2.24) is 35.4 Å². The van der Waals surface area contributed by atoms with Crippen molar-refractivity contribution in [2.75, 3.05) is 32.7 Å². The first kappa shape index (κ1) is 22.0. The van der Waals surface area contributed by atoms with Gasteiger partial charge in [-0.05, 0) is 35.6 Å². The minimum atomic E-state index is 0.115. The van der Waals surface area contributed by atoms with E-state index in [-0.39, 0.29) is 5.91 Å². The number of pyridine rings is 1. The molecule has 1 saturated heterocycles. The number of carbonyl (C=O) groups is 1. The second kappa shape index (κ2) is 8.15. The zero-order valence-electron chi connectivity index (χ0n) is 21.0. The van der Waals surface area contributed by atoms with Gasteiger partial charge in [-0.2, -0.15) is 5.10 Å². The molecule has 5 heterocycles. The van der Waals surface area contributed by atoms with Gasteiger partial charge in [0.2, 0.25) is 5.91 Å². The zero-order valence-corrected chi connectivity index (χ0v) is 21.0. The van der Waals surface area contributed by atoms with Crippen molar-refractivity contribution in [3.05, 3.63) is 53.6 Å². The number of aryl methyl sites for hydroxylation is 1. The summed E-state index contributed by atoms with van der Waals surface area (Å²) in [6, 6.07) is 8.58. The van der Waals surface area contributed by atoms with Crippen LogP contribution in [0.15, 0.2) is 36.7 Å². The fourth-order valence-electron chi connectivity index (χ4n) is 6.71. The highest BCUT2D eigenvalue weighted by atomic mass is 16.2. The number of aromatic nitrogens is 3. The van der Waals surface area contributed by atoms with Gasteiger partial charge in [0.05, 0.1) is 11.4 Å². The molecule has 1 spiro atoms. The molecule has 1 aliphatic carbocycles. The number of nitrogens with one attached hydrogen (secondary N) is 2. The quantitative estimate of drug-likeness (QED) is 0.594. The molecule has 0 bridgehead atoms. The van der Waals surface area contributed by atoms with Gasteiger partial charge in [0.15, 0.2) is 0 Å². The molecular formula is C28H33N7O. The van der Waals surface area contributed by atoms with Crippen LogP contribution in [0.3, 0.4) is 0 Å². The third kappa shape index (κ3) is 3.54. The first-order chi connectivity index (χ1) is 17.5. The van der Waals surface area contributed by atoms with Gasteiger partial charge in [0, 0.05) is 99.8 Å². The Morgan fingerprint density at radius 3 is 2.89 bits per heavy atom. The van der Waals surface area contributed by atoms with Crippen LogP contribution in [-0.4, -0.2) is 63.3 Å². The molecule has 8 heteroatoms. The fraction of sp³-hybridized carbons (Fsp3) is 0.464. The molecule has 1 aromatic carbocycles. The van der Waals surface area contributed by atoms with Crippen molar-refractivity contribution in [3.63, 3.8) is 0 Å². The average molecular weight is 484 g/mol. The van der Waals surface area contributed by atoms with Gasteiger partial charge < -0.3 is 15.2 Å². The van der Waals surface area contributed by atoms with E-state index in [4.69, 9.17) is 10.1 Å². The third-order valence-electron chi connectivity index (χ3n) is 8.72. The Morgan fingerprint density at radius 2 is 2.11 bits per heavy atom. The van der Waals surface area contributed by atoms with E-state index in [1.54, 1.807) is 6.92 Å². The molecule has 186 valence electrons. The Labute approximate surface area is 211 Å². The van der Waals surface area contributed by atoms with Gasteiger partial charge >= 0.3 is 0 Å². The highest BCUT2D eigenvalue weighted by Crippen LogP contribution is 2.48. The summed E-state index contributed by atoms with van der Waals surface area (Å²) in [5.41, 5.74) is 10.8. The number of amides is 1. The van der Waals surface area contributed by atoms with Crippen molar-refractivity contribution in [3.8, 4) is 11.3 Å². The summed E-state index contributed by atoms with van der Waals surface area (Å²) >= 11 is 0. The van der Waals surface area contributed by atoms with Crippen molar-refractivity contribution in [2.45, 2.75) is 32.7 Å². The number of carbonyl (C=O) groups excluding carboxylic acids is 1. The molecular weight excluding hydrogens is 450 g/mol.